The number of rotatable bonds is 5. The lowest BCUT2D eigenvalue weighted by Crippen LogP contribution is -2.28. The van der Waals surface area contributed by atoms with Gasteiger partial charge in [0.25, 0.3) is 5.91 Å². The van der Waals surface area contributed by atoms with Crippen LogP contribution in [0.2, 0.25) is 0 Å². The van der Waals surface area contributed by atoms with Gasteiger partial charge in [-0.15, -0.1) is 11.3 Å². The monoisotopic (exact) mass is 437 g/mol. The van der Waals surface area contributed by atoms with Gasteiger partial charge in [-0.1, -0.05) is 24.3 Å². The molecule has 1 aliphatic heterocycles. The van der Waals surface area contributed by atoms with E-state index in [1.807, 2.05) is 49.6 Å². The Morgan fingerprint density at radius 3 is 2.73 bits per heavy atom. The molecule has 0 radical (unpaired) electrons. The second kappa shape index (κ2) is 8.73. The normalized spacial score (nSPS) is 16.6. The Morgan fingerprint density at radius 1 is 1.23 bits per heavy atom. The molecular formula is C22H19N3O3S2. The summed E-state index contributed by atoms with van der Waals surface area (Å²) in [6.07, 6.45) is 1.78. The Labute approximate surface area is 182 Å². The molecular weight excluding hydrogens is 418 g/mol. The van der Waals surface area contributed by atoms with Gasteiger partial charge in [-0.2, -0.15) is 4.99 Å². The molecule has 30 heavy (non-hydrogen) atoms. The molecule has 1 aliphatic rings. The molecule has 0 bridgehead atoms. The first-order chi connectivity index (χ1) is 14.5. The van der Waals surface area contributed by atoms with Gasteiger partial charge < -0.3 is 9.84 Å². The summed E-state index contributed by atoms with van der Waals surface area (Å²) in [5, 5.41) is 13.0. The van der Waals surface area contributed by atoms with Crippen LogP contribution in [0.4, 0.5) is 10.8 Å². The fraction of sp³-hybridized carbons (Fsp3) is 0.136. The maximum absolute atomic E-state index is 13.3. The number of aryl methyl sites for hydroxylation is 1. The number of thiazole rings is 1. The highest BCUT2D eigenvalue weighted by Crippen LogP contribution is 2.38. The number of benzene rings is 2. The Morgan fingerprint density at radius 2 is 2.03 bits per heavy atom. The first-order valence-corrected chi connectivity index (χ1v) is 11.0. The number of aliphatic imine (C=N–C) groups is 1. The van der Waals surface area contributed by atoms with E-state index in [-0.39, 0.29) is 11.7 Å². The van der Waals surface area contributed by atoms with Gasteiger partial charge in [0.2, 0.25) is 5.13 Å². The van der Waals surface area contributed by atoms with E-state index in [1.165, 1.54) is 23.1 Å². The summed E-state index contributed by atoms with van der Waals surface area (Å²) in [7, 11) is 0. The summed E-state index contributed by atoms with van der Waals surface area (Å²) in [6.45, 7) is 4.20. The summed E-state index contributed by atoms with van der Waals surface area (Å²) in [4.78, 5) is 24.4. The number of phenolic OH excluding ortho intramolecular Hbond substituents is 1. The van der Waals surface area contributed by atoms with Crippen molar-refractivity contribution in [1.29, 1.82) is 0 Å². The van der Waals surface area contributed by atoms with Gasteiger partial charge in [-0.25, -0.2) is 4.98 Å². The van der Waals surface area contributed by atoms with Crippen molar-refractivity contribution >= 4 is 51.1 Å². The molecule has 3 aromatic rings. The summed E-state index contributed by atoms with van der Waals surface area (Å²) in [6, 6.07) is 14.4. The Bertz CT molecular complexity index is 1140. The van der Waals surface area contributed by atoms with Crippen molar-refractivity contribution in [2.45, 2.75) is 13.8 Å². The van der Waals surface area contributed by atoms with Crippen molar-refractivity contribution in [3.63, 3.8) is 0 Å². The van der Waals surface area contributed by atoms with Gasteiger partial charge in [-0.3, -0.25) is 9.69 Å². The molecule has 1 amide bonds. The molecule has 152 valence electrons. The van der Waals surface area contributed by atoms with Gasteiger partial charge in [0.05, 0.1) is 22.9 Å². The summed E-state index contributed by atoms with van der Waals surface area (Å²) in [5.74, 6) is 0.287. The van der Waals surface area contributed by atoms with E-state index in [2.05, 4.69) is 9.98 Å². The quantitative estimate of drug-likeness (QED) is 0.544. The van der Waals surface area contributed by atoms with Crippen LogP contribution in [0.3, 0.4) is 0 Å². The smallest absolute Gasteiger partial charge is 0.271 e. The van der Waals surface area contributed by atoms with Gasteiger partial charge in [0.15, 0.2) is 16.7 Å². The van der Waals surface area contributed by atoms with E-state index >= 15 is 0 Å². The number of nitrogens with zero attached hydrogens (tertiary/aromatic N) is 3. The van der Waals surface area contributed by atoms with E-state index in [0.717, 1.165) is 16.9 Å². The van der Waals surface area contributed by atoms with Crippen LogP contribution < -0.4 is 9.64 Å². The topological polar surface area (TPSA) is 75.0 Å². The van der Waals surface area contributed by atoms with Crippen molar-refractivity contribution in [2.24, 2.45) is 4.99 Å². The van der Waals surface area contributed by atoms with Crippen molar-refractivity contribution in [3.05, 3.63) is 70.1 Å². The predicted octanol–water partition coefficient (Wildman–Crippen LogP) is 5.36. The highest BCUT2D eigenvalue weighted by Gasteiger charge is 2.35. The first-order valence-electron chi connectivity index (χ1n) is 9.31. The van der Waals surface area contributed by atoms with Crippen LogP contribution in [0.1, 0.15) is 18.2 Å². The maximum Gasteiger partial charge on any atom is 0.271 e. The van der Waals surface area contributed by atoms with E-state index in [0.29, 0.717) is 27.6 Å². The Balaban J connectivity index is 1.74. The minimum atomic E-state index is -0.163. The molecule has 0 aliphatic carbocycles. The molecule has 4 rings (SSSR count). The number of ether oxygens (including phenoxy) is 1. The van der Waals surface area contributed by atoms with Gasteiger partial charge in [0, 0.05) is 5.38 Å². The van der Waals surface area contributed by atoms with Crippen LogP contribution in [0.5, 0.6) is 11.5 Å². The van der Waals surface area contributed by atoms with Crippen LogP contribution in [0.25, 0.3) is 6.08 Å². The number of hydrogen-bond acceptors (Lipinski definition) is 7. The average Bonchev–Trinajstić information content (AvgIpc) is 3.28. The SMILES string of the molecule is CCOc1cc(/C=C2\S/C(=N/c3nc(C)cs3)N(c3ccccc3)C2=O)ccc1O. The summed E-state index contributed by atoms with van der Waals surface area (Å²) in [5.41, 5.74) is 2.39. The number of amidine groups is 1. The zero-order valence-corrected chi connectivity index (χ0v) is 18.0. The van der Waals surface area contributed by atoms with E-state index < -0.39 is 0 Å². The highest BCUT2D eigenvalue weighted by atomic mass is 32.2. The molecule has 6 nitrogen and oxygen atoms in total. The van der Waals surface area contributed by atoms with Crippen LogP contribution in [-0.2, 0) is 4.79 Å². The molecule has 2 aromatic carbocycles. The molecule has 0 atom stereocenters. The molecule has 2 heterocycles. The van der Waals surface area contributed by atoms with Gasteiger partial charge >= 0.3 is 0 Å². The number of aromatic nitrogens is 1. The fourth-order valence-corrected chi connectivity index (χ4v) is 4.58. The maximum atomic E-state index is 13.3. The number of para-hydroxylation sites is 1. The summed E-state index contributed by atoms with van der Waals surface area (Å²) >= 11 is 2.73. The lowest BCUT2D eigenvalue weighted by Gasteiger charge is -2.14. The number of anilines is 1. The molecule has 1 saturated heterocycles. The van der Waals surface area contributed by atoms with Crippen LogP contribution in [0.15, 0.2) is 63.8 Å². The lowest BCUT2D eigenvalue weighted by molar-refractivity contribution is -0.113. The number of carbonyl (C=O) groups excluding carboxylic acids is 1. The van der Waals surface area contributed by atoms with Crippen molar-refractivity contribution < 1.29 is 14.6 Å². The number of phenols is 1. The Hall–Kier alpha value is -3.10. The Kier molecular flexibility index (Phi) is 5.87. The van der Waals surface area contributed by atoms with Crippen molar-refractivity contribution in [1.82, 2.24) is 4.98 Å². The highest BCUT2D eigenvalue weighted by molar-refractivity contribution is 8.19. The number of carbonyl (C=O) groups is 1. The van der Waals surface area contributed by atoms with E-state index in [4.69, 9.17) is 4.74 Å². The second-order valence-corrected chi connectivity index (χ2v) is 8.26. The molecule has 1 N–H and O–H groups in total. The van der Waals surface area contributed by atoms with Crippen molar-refractivity contribution in [3.8, 4) is 11.5 Å². The molecule has 0 unspecified atom stereocenters. The largest absolute Gasteiger partial charge is 0.504 e. The molecule has 0 spiro atoms. The summed E-state index contributed by atoms with van der Waals surface area (Å²) < 4.78 is 5.45. The lowest BCUT2D eigenvalue weighted by atomic mass is 10.2. The van der Waals surface area contributed by atoms with E-state index in [9.17, 15) is 9.90 Å². The number of hydrogen-bond donors (Lipinski definition) is 1. The number of aromatic hydroxyl groups is 1. The molecule has 1 aromatic heterocycles. The molecule has 0 saturated carbocycles. The average molecular weight is 438 g/mol. The van der Waals surface area contributed by atoms with Crippen LogP contribution in [0, 0.1) is 6.92 Å². The fourth-order valence-electron chi connectivity index (χ4n) is 2.87. The van der Waals surface area contributed by atoms with E-state index in [1.54, 1.807) is 29.2 Å². The van der Waals surface area contributed by atoms with Gasteiger partial charge in [-0.05, 0) is 61.5 Å². The predicted molar refractivity (Wildman–Crippen MR) is 123 cm³/mol. The standard InChI is InChI=1S/C22H19N3O3S2/c1-3-28-18-11-15(9-10-17(18)26)12-19-20(27)25(16-7-5-4-6-8-16)22(30-19)24-21-23-14(2)13-29-21/h4-13,26H,3H2,1-2H3/b19-12-,24-22+. The minimum absolute atomic E-state index is 0.0664. The first kappa shape index (κ1) is 20.2. The van der Waals surface area contributed by atoms with Crippen LogP contribution in [-0.4, -0.2) is 27.8 Å². The minimum Gasteiger partial charge on any atom is -0.504 e. The second-order valence-electron chi connectivity index (χ2n) is 6.41. The number of thioether (sulfide) groups is 1. The third-order valence-corrected chi connectivity index (χ3v) is 6.02. The van der Waals surface area contributed by atoms with Crippen molar-refractivity contribution in [2.75, 3.05) is 11.5 Å². The molecule has 8 heteroatoms. The number of amides is 1. The zero-order valence-electron chi connectivity index (χ0n) is 16.4. The zero-order chi connectivity index (χ0) is 21.1. The third-order valence-electron chi connectivity index (χ3n) is 4.20. The van der Waals surface area contributed by atoms with Gasteiger partial charge in [0.1, 0.15) is 0 Å². The molecule has 1 fully saturated rings. The third kappa shape index (κ3) is 4.24. The van der Waals surface area contributed by atoms with Crippen LogP contribution >= 0.6 is 23.1 Å².